The molecule has 1 aliphatic rings. The van der Waals surface area contributed by atoms with E-state index in [1.54, 1.807) is 13.2 Å². The lowest BCUT2D eigenvalue weighted by molar-refractivity contribution is 0.114. The Kier molecular flexibility index (Phi) is 5.83. The molecular weight excluding hydrogens is 278 g/mol. The molecule has 1 aromatic carbocycles. The Morgan fingerprint density at radius 3 is 2.77 bits per heavy atom. The van der Waals surface area contributed by atoms with Crippen LogP contribution in [0.25, 0.3) is 0 Å². The number of nitrogens with zero attached hydrogens (tertiary/aromatic N) is 2. The molecule has 0 aliphatic carbocycles. The van der Waals surface area contributed by atoms with Crippen LogP contribution in [-0.4, -0.2) is 55.7 Å². The second kappa shape index (κ2) is 7.84. The van der Waals surface area contributed by atoms with Gasteiger partial charge in [-0.15, -0.1) is 6.58 Å². The molecule has 120 valence electrons. The maximum absolute atomic E-state index is 11.9. The predicted molar refractivity (Wildman–Crippen MR) is 88.2 cm³/mol. The van der Waals surface area contributed by atoms with Gasteiger partial charge in [-0.1, -0.05) is 18.2 Å². The van der Waals surface area contributed by atoms with Crippen molar-refractivity contribution >= 4 is 6.03 Å². The summed E-state index contributed by atoms with van der Waals surface area (Å²) in [6.07, 6.45) is 1.69. The second-order valence-corrected chi connectivity index (χ2v) is 5.45. The molecule has 0 aromatic heterocycles. The Morgan fingerprint density at radius 2 is 2.14 bits per heavy atom. The molecule has 0 spiro atoms. The molecule has 2 rings (SSSR count). The fourth-order valence-electron chi connectivity index (χ4n) is 2.70. The van der Waals surface area contributed by atoms with Crippen molar-refractivity contribution in [3.63, 3.8) is 0 Å². The van der Waals surface area contributed by atoms with Gasteiger partial charge in [-0.05, 0) is 24.6 Å². The highest BCUT2D eigenvalue weighted by atomic mass is 16.5. The van der Waals surface area contributed by atoms with Crippen molar-refractivity contribution in [1.29, 1.82) is 0 Å². The number of ether oxygens (including phenoxy) is 1. The molecule has 22 heavy (non-hydrogen) atoms. The predicted octanol–water partition coefficient (Wildman–Crippen LogP) is 2.27. The summed E-state index contributed by atoms with van der Waals surface area (Å²) in [6, 6.07) is 8.48. The number of hydrogen-bond acceptors (Lipinski definition) is 3. The third-order valence-electron chi connectivity index (χ3n) is 4.12. The van der Waals surface area contributed by atoms with Gasteiger partial charge in [0.2, 0.25) is 0 Å². The number of carbonyl (C=O) groups excluding carboxylic acids is 1. The van der Waals surface area contributed by atoms with Crippen LogP contribution in [0.3, 0.4) is 0 Å². The van der Waals surface area contributed by atoms with Crippen molar-refractivity contribution in [2.75, 3.05) is 39.8 Å². The molecule has 5 nitrogen and oxygen atoms in total. The van der Waals surface area contributed by atoms with Crippen molar-refractivity contribution in [1.82, 2.24) is 15.1 Å². The molecule has 1 atom stereocenters. The van der Waals surface area contributed by atoms with Crippen LogP contribution in [0.1, 0.15) is 18.5 Å². The Morgan fingerprint density at radius 1 is 1.41 bits per heavy atom. The molecule has 0 radical (unpaired) electrons. The topological polar surface area (TPSA) is 44.8 Å². The summed E-state index contributed by atoms with van der Waals surface area (Å²) in [5.41, 5.74) is 1.24. The molecule has 1 aromatic rings. The highest BCUT2D eigenvalue weighted by Crippen LogP contribution is 2.24. The third-order valence-corrected chi connectivity index (χ3v) is 4.12. The van der Waals surface area contributed by atoms with E-state index in [1.165, 1.54) is 5.56 Å². The number of hydrogen-bond donors (Lipinski definition) is 1. The average Bonchev–Trinajstić information content (AvgIpc) is 2.59. The number of urea groups is 1. The quantitative estimate of drug-likeness (QED) is 0.849. The van der Waals surface area contributed by atoms with Crippen molar-refractivity contribution in [3.05, 3.63) is 42.5 Å². The van der Waals surface area contributed by atoms with Crippen LogP contribution in [0.2, 0.25) is 0 Å². The summed E-state index contributed by atoms with van der Waals surface area (Å²) in [6.45, 7) is 9.56. The summed E-state index contributed by atoms with van der Waals surface area (Å²) in [4.78, 5) is 16.2. The van der Waals surface area contributed by atoms with Crippen molar-refractivity contribution < 1.29 is 9.53 Å². The molecule has 0 saturated carbocycles. The van der Waals surface area contributed by atoms with E-state index in [4.69, 9.17) is 4.74 Å². The van der Waals surface area contributed by atoms with Crippen LogP contribution in [0.15, 0.2) is 36.9 Å². The summed E-state index contributed by atoms with van der Waals surface area (Å²) in [7, 11) is 1.68. The second-order valence-electron chi connectivity index (χ2n) is 5.45. The van der Waals surface area contributed by atoms with Crippen LogP contribution in [0, 0.1) is 0 Å². The van der Waals surface area contributed by atoms with E-state index in [2.05, 4.69) is 35.9 Å². The third kappa shape index (κ3) is 4.01. The van der Waals surface area contributed by atoms with Crippen molar-refractivity contribution in [2.24, 2.45) is 0 Å². The molecule has 2 amide bonds. The summed E-state index contributed by atoms with van der Waals surface area (Å²) in [5.74, 6) is 0.881. The number of nitrogens with one attached hydrogen (secondary N) is 1. The fraction of sp³-hybridized carbons (Fsp3) is 0.471. The smallest absolute Gasteiger partial charge is 0.317 e. The lowest BCUT2D eigenvalue weighted by Crippen LogP contribution is -2.52. The highest BCUT2D eigenvalue weighted by molar-refractivity contribution is 5.74. The molecule has 1 N–H and O–H groups in total. The van der Waals surface area contributed by atoms with E-state index in [9.17, 15) is 4.79 Å². The van der Waals surface area contributed by atoms with Crippen molar-refractivity contribution in [2.45, 2.75) is 13.0 Å². The molecule has 1 saturated heterocycles. The van der Waals surface area contributed by atoms with Gasteiger partial charge in [0.25, 0.3) is 0 Å². The van der Waals surface area contributed by atoms with Gasteiger partial charge in [-0.25, -0.2) is 4.79 Å². The lowest BCUT2D eigenvalue weighted by Gasteiger charge is -2.38. The number of carbonyl (C=O) groups is 1. The minimum atomic E-state index is -0.00594. The SMILES string of the molecule is C=CCNC(=O)N1CCN(C(C)c2cccc(OC)c2)CC1. The number of benzene rings is 1. The maximum Gasteiger partial charge on any atom is 0.317 e. The van der Waals surface area contributed by atoms with Gasteiger partial charge >= 0.3 is 6.03 Å². The van der Waals surface area contributed by atoms with E-state index < -0.39 is 0 Å². The first-order chi connectivity index (χ1) is 10.7. The number of rotatable bonds is 5. The Bertz CT molecular complexity index is 510. The van der Waals surface area contributed by atoms with E-state index >= 15 is 0 Å². The normalized spacial score (nSPS) is 16.9. The molecule has 1 fully saturated rings. The summed E-state index contributed by atoms with van der Waals surface area (Å²) in [5, 5.41) is 2.83. The van der Waals surface area contributed by atoms with Gasteiger partial charge in [-0.2, -0.15) is 0 Å². The molecule has 0 bridgehead atoms. The standard InChI is InChI=1S/C17H25N3O2/c1-4-8-18-17(21)20-11-9-19(10-12-20)14(2)15-6-5-7-16(13-15)22-3/h4-7,13-14H,1,8-12H2,2-3H3,(H,18,21). The molecule has 1 unspecified atom stereocenters. The zero-order chi connectivity index (χ0) is 15.9. The van der Waals surface area contributed by atoms with Gasteiger partial charge < -0.3 is 15.0 Å². The summed E-state index contributed by atoms with van der Waals surface area (Å²) < 4.78 is 5.29. The zero-order valence-corrected chi connectivity index (χ0v) is 13.4. The van der Waals surface area contributed by atoms with E-state index in [-0.39, 0.29) is 6.03 Å². The van der Waals surface area contributed by atoms with Crippen LogP contribution in [0.5, 0.6) is 5.75 Å². The average molecular weight is 303 g/mol. The lowest BCUT2D eigenvalue weighted by atomic mass is 10.1. The van der Waals surface area contributed by atoms with Gasteiger partial charge in [0.05, 0.1) is 7.11 Å². The van der Waals surface area contributed by atoms with Crippen LogP contribution < -0.4 is 10.1 Å². The highest BCUT2D eigenvalue weighted by Gasteiger charge is 2.24. The molecular formula is C17H25N3O2. The van der Waals surface area contributed by atoms with Gasteiger partial charge in [0.1, 0.15) is 5.75 Å². The Hall–Kier alpha value is -2.01. The first-order valence-electron chi connectivity index (χ1n) is 7.67. The van der Waals surface area contributed by atoms with Gasteiger partial charge in [0, 0.05) is 38.8 Å². The minimum absolute atomic E-state index is 0.00594. The maximum atomic E-state index is 11.9. The largest absolute Gasteiger partial charge is 0.497 e. The first kappa shape index (κ1) is 16.4. The van der Waals surface area contributed by atoms with E-state index in [0.717, 1.165) is 31.9 Å². The van der Waals surface area contributed by atoms with E-state index in [0.29, 0.717) is 12.6 Å². The van der Waals surface area contributed by atoms with Crippen LogP contribution in [0.4, 0.5) is 4.79 Å². The Labute approximate surface area is 132 Å². The summed E-state index contributed by atoms with van der Waals surface area (Å²) >= 11 is 0. The van der Waals surface area contributed by atoms with Gasteiger partial charge in [-0.3, -0.25) is 4.90 Å². The monoisotopic (exact) mass is 303 g/mol. The van der Waals surface area contributed by atoms with Crippen molar-refractivity contribution in [3.8, 4) is 5.75 Å². The number of amides is 2. The van der Waals surface area contributed by atoms with Crippen LogP contribution >= 0.6 is 0 Å². The zero-order valence-electron chi connectivity index (χ0n) is 13.4. The minimum Gasteiger partial charge on any atom is -0.497 e. The fourth-order valence-corrected chi connectivity index (χ4v) is 2.70. The number of methoxy groups -OCH3 is 1. The van der Waals surface area contributed by atoms with E-state index in [1.807, 2.05) is 17.0 Å². The van der Waals surface area contributed by atoms with Crippen LogP contribution in [-0.2, 0) is 0 Å². The molecule has 5 heteroatoms. The molecule has 1 heterocycles. The van der Waals surface area contributed by atoms with Gasteiger partial charge in [0.15, 0.2) is 0 Å². The number of piperazine rings is 1. The first-order valence-corrected chi connectivity index (χ1v) is 7.67. The Balaban J connectivity index is 1.90. The molecule has 1 aliphatic heterocycles.